The Kier molecular flexibility index (Phi) is 14.1. The molecule has 0 fully saturated rings. The van der Waals surface area contributed by atoms with Gasteiger partial charge in [0, 0.05) is 5.56 Å². The molecule has 0 radical (unpaired) electrons. The first kappa shape index (κ1) is 13.5. The van der Waals surface area contributed by atoms with E-state index in [1.165, 1.54) is 0 Å². The van der Waals surface area contributed by atoms with Crippen molar-refractivity contribution in [1.82, 2.24) is 0 Å². The highest BCUT2D eigenvalue weighted by atomic mass is 16.1. The molecule has 0 amide bonds. The first-order valence-electron chi connectivity index (χ1n) is 4.44. The van der Waals surface area contributed by atoms with Crippen LogP contribution in [-0.2, 0) is 0 Å². The fourth-order valence-electron chi connectivity index (χ4n) is 0.532. The second kappa shape index (κ2) is 12.6. The average molecular weight is 166 g/mol. The van der Waals surface area contributed by atoms with Crippen LogP contribution in [0.15, 0.2) is 30.3 Å². The second-order valence-electron chi connectivity index (χ2n) is 1.53. The maximum Gasteiger partial charge on any atom is 0.150 e. The molecule has 1 heteroatoms. The lowest BCUT2D eigenvalue weighted by molar-refractivity contribution is 0.112. The fourth-order valence-corrected chi connectivity index (χ4v) is 0.532. The summed E-state index contributed by atoms with van der Waals surface area (Å²) in [5.74, 6) is 0. The van der Waals surface area contributed by atoms with Crippen molar-refractivity contribution in [2.45, 2.75) is 27.7 Å². The third kappa shape index (κ3) is 7.00. The van der Waals surface area contributed by atoms with Crippen LogP contribution < -0.4 is 0 Å². The molecule has 12 heavy (non-hydrogen) atoms. The maximum absolute atomic E-state index is 10.0. The average Bonchev–Trinajstić information content (AvgIpc) is 2.25. The van der Waals surface area contributed by atoms with Crippen LogP contribution in [0.2, 0.25) is 0 Å². The summed E-state index contributed by atoms with van der Waals surface area (Å²) in [5.41, 5.74) is 0.729. The van der Waals surface area contributed by atoms with Gasteiger partial charge in [0.25, 0.3) is 0 Å². The summed E-state index contributed by atoms with van der Waals surface area (Å²) in [4.78, 5) is 10.0. The SMILES string of the molecule is CC.CC.O=Cc1ccccc1. The van der Waals surface area contributed by atoms with Gasteiger partial charge in [-0.2, -0.15) is 0 Å². The lowest BCUT2D eigenvalue weighted by Crippen LogP contribution is -1.73. The Bertz CT molecular complexity index is 168. The van der Waals surface area contributed by atoms with Crippen molar-refractivity contribution in [3.63, 3.8) is 0 Å². The molecule has 1 aromatic rings. The normalized spacial score (nSPS) is 6.67. The van der Waals surface area contributed by atoms with Crippen LogP contribution in [0.25, 0.3) is 0 Å². The van der Waals surface area contributed by atoms with E-state index in [-0.39, 0.29) is 0 Å². The zero-order valence-corrected chi connectivity index (χ0v) is 8.37. The molecule has 1 rings (SSSR count). The molecular formula is C11H18O. The molecule has 0 aliphatic carbocycles. The summed E-state index contributed by atoms with van der Waals surface area (Å²) in [6.45, 7) is 8.00. The molecule has 68 valence electrons. The van der Waals surface area contributed by atoms with Gasteiger partial charge < -0.3 is 0 Å². The first-order chi connectivity index (χ1) is 5.93. The molecule has 0 N–H and O–H groups in total. The summed E-state index contributed by atoms with van der Waals surface area (Å²) in [5, 5.41) is 0. The molecular weight excluding hydrogens is 148 g/mol. The lowest BCUT2D eigenvalue weighted by Gasteiger charge is -1.81. The summed E-state index contributed by atoms with van der Waals surface area (Å²) in [6.07, 6.45) is 0.833. The van der Waals surface area contributed by atoms with Crippen molar-refractivity contribution >= 4 is 6.29 Å². The summed E-state index contributed by atoms with van der Waals surface area (Å²) >= 11 is 0. The number of benzene rings is 1. The van der Waals surface area contributed by atoms with E-state index in [1.54, 1.807) is 12.1 Å². The Morgan fingerprint density at radius 1 is 0.917 bits per heavy atom. The molecule has 0 saturated carbocycles. The summed E-state index contributed by atoms with van der Waals surface area (Å²) in [6, 6.07) is 9.10. The van der Waals surface area contributed by atoms with E-state index < -0.39 is 0 Å². The van der Waals surface area contributed by atoms with Gasteiger partial charge in [0.1, 0.15) is 6.29 Å². The Hall–Kier alpha value is -1.11. The molecule has 0 saturated heterocycles. The Balaban J connectivity index is 0. The van der Waals surface area contributed by atoms with Crippen LogP contribution in [0.3, 0.4) is 0 Å². The summed E-state index contributed by atoms with van der Waals surface area (Å²) in [7, 11) is 0. The van der Waals surface area contributed by atoms with Gasteiger partial charge in [0.2, 0.25) is 0 Å². The predicted octanol–water partition coefficient (Wildman–Crippen LogP) is 3.55. The highest BCUT2D eigenvalue weighted by Crippen LogP contribution is 1.91. The monoisotopic (exact) mass is 166 g/mol. The van der Waals surface area contributed by atoms with Crippen LogP contribution in [0.1, 0.15) is 38.1 Å². The Morgan fingerprint density at radius 3 is 1.58 bits per heavy atom. The van der Waals surface area contributed by atoms with Gasteiger partial charge in [-0.3, -0.25) is 4.79 Å². The fraction of sp³-hybridized carbons (Fsp3) is 0.364. The van der Waals surface area contributed by atoms with Crippen LogP contribution >= 0.6 is 0 Å². The third-order valence-corrected chi connectivity index (χ3v) is 0.936. The molecule has 1 aromatic carbocycles. The molecule has 1 nitrogen and oxygen atoms in total. The van der Waals surface area contributed by atoms with Gasteiger partial charge in [-0.05, 0) is 0 Å². The van der Waals surface area contributed by atoms with Crippen LogP contribution in [0, 0.1) is 0 Å². The molecule has 0 aliphatic rings. The van der Waals surface area contributed by atoms with E-state index in [4.69, 9.17) is 0 Å². The largest absolute Gasteiger partial charge is 0.298 e. The second-order valence-corrected chi connectivity index (χ2v) is 1.53. The highest BCUT2D eigenvalue weighted by Gasteiger charge is 1.79. The Labute approximate surface area is 75.4 Å². The van der Waals surface area contributed by atoms with Crippen molar-refractivity contribution < 1.29 is 4.79 Å². The minimum Gasteiger partial charge on any atom is -0.298 e. The van der Waals surface area contributed by atoms with Crippen molar-refractivity contribution in [1.29, 1.82) is 0 Å². The quantitative estimate of drug-likeness (QED) is 0.583. The number of rotatable bonds is 1. The molecule has 0 spiro atoms. The number of aldehydes is 1. The van der Waals surface area contributed by atoms with Crippen LogP contribution in [0.5, 0.6) is 0 Å². The topological polar surface area (TPSA) is 17.1 Å². The molecule has 0 atom stereocenters. The smallest absolute Gasteiger partial charge is 0.150 e. The van der Waals surface area contributed by atoms with Gasteiger partial charge in [-0.1, -0.05) is 58.0 Å². The van der Waals surface area contributed by atoms with Crippen molar-refractivity contribution in [3.8, 4) is 0 Å². The van der Waals surface area contributed by atoms with Gasteiger partial charge >= 0.3 is 0 Å². The molecule has 0 aliphatic heterocycles. The van der Waals surface area contributed by atoms with Crippen LogP contribution in [-0.4, -0.2) is 6.29 Å². The Morgan fingerprint density at radius 2 is 1.33 bits per heavy atom. The molecule has 0 heterocycles. The van der Waals surface area contributed by atoms with Gasteiger partial charge in [-0.15, -0.1) is 0 Å². The van der Waals surface area contributed by atoms with Crippen LogP contribution in [0.4, 0.5) is 0 Å². The standard InChI is InChI=1S/C7H6O.2C2H6/c8-6-7-4-2-1-3-5-7;2*1-2/h1-6H;2*1-2H3. The van der Waals surface area contributed by atoms with Gasteiger partial charge in [0.15, 0.2) is 0 Å². The lowest BCUT2D eigenvalue weighted by atomic mass is 10.2. The van der Waals surface area contributed by atoms with Crippen molar-refractivity contribution in [2.75, 3.05) is 0 Å². The number of carbonyl (C=O) groups is 1. The number of carbonyl (C=O) groups excluding carboxylic acids is 1. The zero-order valence-electron chi connectivity index (χ0n) is 8.37. The maximum atomic E-state index is 10.0. The number of hydrogen-bond acceptors (Lipinski definition) is 1. The van der Waals surface area contributed by atoms with E-state index in [9.17, 15) is 4.79 Å². The first-order valence-corrected chi connectivity index (χ1v) is 4.44. The highest BCUT2D eigenvalue weighted by molar-refractivity contribution is 5.74. The van der Waals surface area contributed by atoms with E-state index in [1.807, 2.05) is 45.9 Å². The molecule has 0 bridgehead atoms. The minimum absolute atomic E-state index is 0.729. The van der Waals surface area contributed by atoms with E-state index in [2.05, 4.69) is 0 Å². The summed E-state index contributed by atoms with van der Waals surface area (Å²) < 4.78 is 0. The number of hydrogen-bond donors (Lipinski definition) is 0. The van der Waals surface area contributed by atoms with E-state index >= 15 is 0 Å². The van der Waals surface area contributed by atoms with Crippen molar-refractivity contribution in [2.24, 2.45) is 0 Å². The minimum atomic E-state index is 0.729. The molecule has 0 unspecified atom stereocenters. The van der Waals surface area contributed by atoms with E-state index in [0.717, 1.165) is 11.8 Å². The van der Waals surface area contributed by atoms with Gasteiger partial charge in [0.05, 0.1) is 0 Å². The predicted molar refractivity (Wildman–Crippen MR) is 54.5 cm³/mol. The zero-order chi connectivity index (χ0) is 9.82. The third-order valence-electron chi connectivity index (χ3n) is 0.936. The van der Waals surface area contributed by atoms with E-state index in [0.29, 0.717) is 0 Å². The van der Waals surface area contributed by atoms with Gasteiger partial charge in [-0.25, -0.2) is 0 Å². The van der Waals surface area contributed by atoms with Crippen molar-refractivity contribution in [3.05, 3.63) is 35.9 Å². The molecule has 0 aromatic heterocycles.